The smallest absolute Gasteiger partial charge is 0.280 e. The maximum Gasteiger partial charge on any atom is 0.280 e. The van der Waals surface area contributed by atoms with E-state index in [0.717, 1.165) is 0 Å². The molecule has 10 nitrogen and oxygen atoms in total. The first-order chi connectivity index (χ1) is 13.4. The zero-order valence-electron chi connectivity index (χ0n) is 15.0. The third kappa shape index (κ3) is 6.09. The molecule has 11 heteroatoms. The monoisotopic (exact) mass is 404 g/mol. The molecule has 8 N–H and O–H groups in total. The van der Waals surface area contributed by atoms with Gasteiger partial charge in [0.15, 0.2) is 28.4 Å². The highest BCUT2D eigenvalue weighted by atomic mass is 35.5. The number of hydrogen-bond acceptors (Lipinski definition) is 7. The summed E-state index contributed by atoms with van der Waals surface area (Å²) in [5.74, 6) is -1.33. The molecule has 1 heterocycles. The summed E-state index contributed by atoms with van der Waals surface area (Å²) in [6.07, 6.45) is 1.39. The number of nitrogens with one attached hydrogen (secondary N) is 4. The van der Waals surface area contributed by atoms with Crippen molar-refractivity contribution in [1.29, 1.82) is 5.41 Å². The van der Waals surface area contributed by atoms with E-state index in [0.29, 0.717) is 31.5 Å². The molecule has 2 aromatic rings. The van der Waals surface area contributed by atoms with E-state index < -0.39 is 5.91 Å². The summed E-state index contributed by atoms with van der Waals surface area (Å²) in [5, 5.41) is 15.4. The van der Waals surface area contributed by atoms with Crippen LogP contribution in [0.25, 0.3) is 0 Å². The number of amides is 2. The number of benzene rings is 1. The van der Waals surface area contributed by atoms with E-state index in [9.17, 15) is 9.59 Å². The second kappa shape index (κ2) is 10.1. The standard InChI is InChI=1S/C17H21ClN8O2/c18-12-14(20)25-13(19)11(24-12)16(28)26-17(21)23-9-5-4-8-22-15(27)10-6-2-1-3-7-10/h1-3,6-7H,4-5,8-9H2,(H,22,27)(H4,19,20,25)(H3,21,23,26,28). The minimum absolute atomic E-state index is 0.0803. The number of aromatic nitrogens is 2. The summed E-state index contributed by atoms with van der Waals surface area (Å²) in [4.78, 5) is 31.4. The van der Waals surface area contributed by atoms with Crippen LogP contribution in [0.5, 0.6) is 0 Å². The molecule has 0 saturated carbocycles. The highest BCUT2D eigenvalue weighted by molar-refractivity contribution is 6.31. The molecule has 0 aliphatic rings. The predicted octanol–water partition coefficient (Wildman–Crippen LogP) is 0.759. The van der Waals surface area contributed by atoms with Crippen molar-refractivity contribution >= 4 is 41.0 Å². The van der Waals surface area contributed by atoms with Gasteiger partial charge in [-0.25, -0.2) is 9.97 Å². The lowest BCUT2D eigenvalue weighted by molar-refractivity contribution is 0.0949. The summed E-state index contributed by atoms with van der Waals surface area (Å²) >= 11 is 5.73. The van der Waals surface area contributed by atoms with E-state index in [2.05, 4.69) is 25.9 Å². The van der Waals surface area contributed by atoms with Crippen molar-refractivity contribution in [3.8, 4) is 0 Å². The van der Waals surface area contributed by atoms with Crippen LogP contribution in [0.3, 0.4) is 0 Å². The molecule has 2 rings (SSSR count). The van der Waals surface area contributed by atoms with Gasteiger partial charge in [0.1, 0.15) is 0 Å². The van der Waals surface area contributed by atoms with Crippen molar-refractivity contribution in [2.24, 2.45) is 0 Å². The van der Waals surface area contributed by atoms with Gasteiger partial charge in [-0.05, 0) is 25.0 Å². The number of nitrogen functional groups attached to an aromatic ring is 2. The van der Waals surface area contributed by atoms with E-state index >= 15 is 0 Å². The maximum absolute atomic E-state index is 12.1. The zero-order valence-corrected chi connectivity index (χ0v) is 15.7. The Morgan fingerprint density at radius 1 is 0.964 bits per heavy atom. The van der Waals surface area contributed by atoms with Gasteiger partial charge in [0.25, 0.3) is 11.8 Å². The second-order valence-corrected chi connectivity index (χ2v) is 6.08. The Morgan fingerprint density at radius 2 is 1.61 bits per heavy atom. The van der Waals surface area contributed by atoms with Gasteiger partial charge in [-0.1, -0.05) is 29.8 Å². The number of nitrogens with zero attached hydrogens (tertiary/aromatic N) is 2. The quantitative estimate of drug-likeness (QED) is 0.224. The van der Waals surface area contributed by atoms with Crippen LogP contribution in [0.15, 0.2) is 30.3 Å². The Balaban J connectivity index is 1.65. The molecule has 0 atom stereocenters. The number of hydrogen-bond donors (Lipinski definition) is 6. The van der Waals surface area contributed by atoms with Gasteiger partial charge < -0.3 is 22.1 Å². The van der Waals surface area contributed by atoms with Crippen molar-refractivity contribution in [3.05, 3.63) is 46.7 Å². The normalized spacial score (nSPS) is 10.2. The highest BCUT2D eigenvalue weighted by Gasteiger charge is 2.16. The number of carbonyl (C=O) groups is 2. The van der Waals surface area contributed by atoms with E-state index in [-0.39, 0.29) is 34.3 Å². The first-order valence-corrected chi connectivity index (χ1v) is 8.81. The maximum atomic E-state index is 12.1. The minimum Gasteiger partial charge on any atom is -0.382 e. The molecule has 0 spiro atoms. The molecule has 0 radical (unpaired) electrons. The van der Waals surface area contributed by atoms with Crippen LogP contribution in [0.1, 0.15) is 33.7 Å². The molecule has 0 unspecified atom stereocenters. The van der Waals surface area contributed by atoms with E-state index in [1.54, 1.807) is 24.3 Å². The van der Waals surface area contributed by atoms with Crippen LogP contribution in [0.2, 0.25) is 5.15 Å². The summed E-state index contributed by atoms with van der Waals surface area (Å²) in [5.41, 5.74) is 11.4. The molecule has 0 aliphatic carbocycles. The molecular weight excluding hydrogens is 384 g/mol. The molecule has 0 bridgehead atoms. The van der Waals surface area contributed by atoms with Gasteiger partial charge >= 0.3 is 0 Å². The summed E-state index contributed by atoms with van der Waals surface area (Å²) in [6, 6.07) is 8.93. The van der Waals surface area contributed by atoms with E-state index in [1.165, 1.54) is 0 Å². The van der Waals surface area contributed by atoms with Crippen molar-refractivity contribution in [2.75, 3.05) is 24.6 Å². The molecule has 1 aromatic heterocycles. The summed E-state index contributed by atoms with van der Waals surface area (Å²) in [7, 11) is 0. The van der Waals surface area contributed by atoms with Gasteiger partial charge in [-0.15, -0.1) is 0 Å². The highest BCUT2D eigenvalue weighted by Crippen LogP contribution is 2.17. The van der Waals surface area contributed by atoms with Crippen molar-refractivity contribution in [1.82, 2.24) is 25.9 Å². The molecule has 0 aliphatic heterocycles. The SMILES string of the molecule is N=C(NCCCCNC(=O)c1ccccc1)NC(=O)c1nc(Cl)c(N)nc1N. The Morgan fingerprint density at radius 3 is 2.29 bits per heavy atom. The third-order valence-corrected chi connectivity index (χ3v) is 3.86. The fourth-order valence-corrected chi connectivity index (χ4v) is 2.31. The first-order valence-electron chi connectivity index (χ1n) is 8.44. The average Bonchev–Trinajstić information content (AvgIpc) is 2.67. The Bertz CT molecular complexity index is 860. The number of rotatable bonds is 7. The fourth-order valence-electron chi connectivity index (χ4n) is 2.18. The number of nitrogens with two attached hydrogens (primary N) is 2. The topological polar surface area (TPSA) is 172 Å². The number of guanidine groups is 1. The molecule has 28 heavy (non-hydrogen) atoms. The molecule has 0 saturated heterocycles. The van der Waals surface area contributed by atoms with E-state index in [1.807, 2.05) is 6.07 Å². The molecular formula is C17H21ClN8O2. The van der Waals surface area contributed by atoms with Crippen LogP contribution >= 0.6 is 11.6 Å². The lowest BCUT2D eigenvalue weighted by Crippen LogP contribution is -2.41. The van der Waals surface area contributed by atoms with E-state index in [4.69, 9.17) is 28.5 Å². The second-order valence-electron chi connectivity index (χ2n) is 5.72. The zero-order chi connectivity index (χ0) is 20.5. The summed E-state index contributed by atoms with van der Waals surface area (Å²) in [6.45, 7) is 0.940. The van der Waals surface area contributed by atoms with Gasteiger partial charge in [-0.3, -0.25) is 20.3 Å². The van der Waals surface area contributed by atoms with Crippen molar-refractivity contribution in [3.63, 3.8) is 0 Å². The first kappa shape index (κ1) is 20.9. The van der Waals surface area contributed by atoms with Crippen LogP contribution in [-0.2, 0) is 0 Å². The van der Waals surface area contributed by atoms with Crippen LogP contribution in [-0.4, -0.2) is 40.8 Å². The number of halogens is 1. The lowest BCUT2D eigenvalue weighted by atomic mass is 10.2. The molecule has 2 amide bonds. The Labute approximate surface area is 166 Å². The average molecular weight is 405 g/mol. The number of anilines is 2. The largest absolute Gasteiger partial charge is 0.382 e. The summed E-state index contributed by atoms with van der Waals surface area (Å²) < 4.78 is 0. The van der Waals surface area contributed by atoms with Gasteiger partial charge in [0.2, 0.25) is 0 Å². The van der Waals surface area contributed by atoms with Crippen molar-refractivity contribution < 1.29 is 9.59 Å². The Kier molecular flexibility index (Phi) is 7.52. The lowest BCUT2D eigenvalue weighted by Gasteiger charge is -2.10. The van der Waals surface area contributed by atoms with Crippen LogP contribution < -0.4 is 27.4 Å². The van der Waals surface area contributed by atoms with Crippen LogP contribution in [0.4, 0.5) is 11.6 Å². The van der Waals surface area contributed by atoms with Crippen molar-refractivity contribution in [2.45, 2.75) is 12.8 Å². The molecule has 1 aromatic carbocycles. The van der Waals surface area contributed by atoms with Gasteiger partial charge in [-0.2, -0.15) is 0 Å². The fraction of sp³-hybridized carbons (Fsp3) is 0.235. The van der Waals surface area contributed by atoms with Crippen LogP contribution in [0, 0.1) is 5.41 Å². The number of carbonyl (C=O) groups excluding carboxylic acids is 2. The molecule has 148 valence electrons. The van der Waals surface area contributed by atoms with Gasteiger partial charge in [0, 0.05) is 18.7 Å². The third-order valence-electron chi connectivity index (χ3n) is 3.59. The minimum atomic E-state index is -0.723. The van der Waals surface area contributed by atoms with Gasteiger partial charge in [0.05, 0.1) is 0 Å². The Hall–Kier alpha value is -3.40. The number of unbranched alkanes of at least 4 members (excludes halogenated alkanes) is 1. The predicted molar refractivity (Wildman–Crippen MR) is 107 cm³/mol. The molecule has 0 fully saturated rings.